The Hall–Kier alpha value is -3.41. The summed E-state index contributed by atoms with van der Waals surface area (Å²) in [5.74, 6) is -0.848. The molecule has 0 saturated carbocycles. The lowest BCUT2D eigenvalue weighted by Crippen LogP contribution is -2.19. The monoisotopic (exact) mass is 499 g/mol. The molecule has 9 nitrogen and oxygen atoms in total. The van der Waals surface area contributed by atoms with Crippen molar-refractivity contribution in [3.63, 3.8) is 0 Å². The topological polar surface area (TPSA) is 113 Å². The molecule has 0 aliphatic carbocycles. The average Bonchev–Trinajstić information content (AvgIpc) is 3.39. The van der Waals surface area contributed by atoms with Crippen molar-refractivity contribution in [3.05, 3.63) is 67.8 Å². The van der Waals surface area contributed by atoms with Crippen molar-refractivity contribution in [2.24, 2.45) is 4.99 Å². The van der Waals surface area contributed by atoms with E-state index >= 15 is 0 Å². The van der Waals surface area contributed by atoms with Crippen LogP contribution in [0.5, 0.6) is 0 Å². The van der Waals surface area contributed by atoms with Gasteiger partial charge in [0.05, 0.1) is 38.8 Å². The summed E-state index contributed by atoms with van der Waals surface area (Å²) in [6.45, 7) is 5.42. The van der Waals surface area contributed by atoms with Crippen LogP contribution in [0, 0.1) is 10.1 Å². The van der Waals surface area contributed by atoms with Crippen molar-refractivity contribution in [1.82, 2.24) is 4.57 Å². The van der Waals surface area contributed by atoms with E-state index in [9.17, 15) is 19.7 Å². The van der Waals surface area contributed by atoms with Crippen LogP contribution < -0.4 is 4.80 Å². The number of carbonyl (C=O) groups excluding carboxylic acids is 2. The molecular weight excluding hydrogens is 478 g/mol. The highest BCUT2D eigenvalue weighted by molar-refractivity contribution is 7.21. The lowest BCUT2D eigenvalue weighted by Gasteiger charge is -2.06. The Kier molecular flexibility index (Phi) is 7.15. The molecule has 4 rings (SSSR count). The molecule has 2 aromatic heterocycles. The highest BCUT2D eigenvalue weighted by atomic mass is 32.1. The first-order valence-electron chi connectivity index (χ1n) is 10.6. The zero-order chi connectivity index (χ0) is 24.2. The fraction of sp³-hybridized carbons (Fsp3) is 0.261. The van der Waals surface area contributed by atoms with E-state index < -0.39 is 16.8 Å². The van der Waals surface area contributed by atoms with Gasteiger partial charge in [0, 0.05) is 35.4 Å². The predicted octanol–water partition coefficient (Wildman–Crippen LogP) is 4.78. The van der Waals surface area contributed by atoms with Gasteiger partial charge >= 0.3 is 5.97 Å². The molecule has 2 heterocycles. The molecule has 4 aromatic rings. The molecule has 0 saturated heterocycles. The third-order valence-corrected chi connectivity index (χ3v) is 7.12. The number of hydrogen-bond acceptors (Lipinski definition) is 8. The van der Waals surface area contributed by atoms with E-state index in [0.29, 0.717) is 40.4 Å². The molecule has 0 radical (unpaired) electrons. The maximum Gasteiger partial charge on any atom is 0.338 e. The largest absolute Gasteiger partial charge is 0.462 e. The number of thiazole rings is 1. The van der Waals surface area contributed by atoms with Crippen LogP contribution in [-0.2, 0) is 16.0 Å². The van der Waals surface area contributed by atoms with Crippen LogP contribution in [0.3, 0.4) is 0 Å². The number of amides is 1. The number of nitro benzene ring substituents is 1. The first-order chi connectivity index (χ1) is 16.4. The fourth-order valence-electron chi connectivity index (χ4n) is 3.41. The summed E-state index contributed by atoms with van der Waals surface area (Å²) in [5, 5.41) is 11.7. The minimum atomic E-state index is -0.466. The Labute approximate surface area is 202 Å². The molecular formula is C23H21N3O6S2. The number of hydrogen-bond donors (Lipinski definition) is 0. The number of benzene rings is 2. The zero-order valence-corrected chi connectivity index (χ0v) is 20.1. The third kappa shape index (κ3) is 4.91. The maximum absolute atomic E-state index is 13.0. The minimum absolute atomic E-state index is 0.0306. The van der Waals surface area contributed by atoms with Gasteiger partial charge in [0.25, 0.3) is 11.6 Å². The van der Waals surface area contributed by atoms with Crippen molar-refractivity contribution in [3.8, 4) is 0 Å². The number of esters is 1. The van der Waals surface area contributed by atoms with E-state index in [-0.39, 0.29) is 12.3 Å². The second-order valence-electron chi connectivity index (χ2n) is 7.14. The molecule has 0 aliphatic heterocycles. The maximum atomic E-state index is 13.0. The number of ether oxygens (including phenoxy) is 2. The number of carbonyl (C=O) groups is 2. The van der Waals surface area contributed by atoms with Gasteiger partial charge < -0.3 is 14.0 Å². The van der Waals surface area contributed by atoms with E-state index in [1.54, 1.807) is 31.2 Å². The first-order valence-corrected chi connectivity index (χ1v) is 12.2. The predicted molar refractivity (Wildman–Crippen MR) is 131 cm³/mol. The second kappa shape index (κ2) is 10.2. The van der Waals surface area contributed by atoms with Crippen molar-refractivity contribution in [2.45, 2.75) is 20.4 Å². The van der Waals surface area contributed by atoms with Gasteiger partial charge in [-0.1, -0.05) is 11.3 Å². The van der Waals surface area contributed by atoms with Gasteiger partial charge in [-0.3, -0.25) is 14.9 Å². The van der Waals surface area contributed by atoms with Crippen LogP contribution in [0.4, 0.5) is 5.69 Å². The Bertz CT molecular complexity index is 1470. The summed E-state index contributed by atoms with van der Waals surface area (Å²) < 4.78 is 14.0. The molecule has 0 fully saturated rings. The standard InChI is InChI=1S/C23H21N3O6S2/c1-3-31-10-9-25-17-7-5-14(22(28)32-4-2)12-19(17)34-23(25)24-21(27)20-13-15-11-16(26(29)30)6-8-18(15)33-20/h5-8,11-13H,3-4,9-10H2,1-2H3. The van der Waals surface area contributed by atoms with Gasteiger partial charge in [0.1, 0.15) is 0 Å². The quantitative estimate of drug-likeness (QED) is 0.149. The van der Waals surface area contributed by atoms with E-state index in [1.165, 1.54) is 34.8 Å². The molecule has 11 heteroatoms. The molecule has 0 aliphatic rings. The summed E-state index contributed by atoms with van der Waals surface area (Å²) in [5.41, 5.74) is 1.23. The summed E-state index contributed by atoms with van der Waals surface area (Å²) in [7, 11) is 0. The molecule has 0 unspecified atom stereocenters. The molecule has 34 heavy (non-hydrogen) atoms. The molecule has 0 spiro atoms. The molecule has 176 valence electrons. The van der Waals surface area contributed by atoms with E-state index in [1.807, 2.05) is 17.6 Å². The van der Waals surface area contributed by atoms with E-state index in [2.05, 4.69) is 4.99 Å². The second-order valence-corrected chi connectivity index (χ2v) is 9.24. The summed E-state index contributed by atoms with van der Waals surface area (Å²) in [6, 6.07) is 11.3. The van der Waals surface area contributed by atoms with Gasteiger partial charge in [-0.15, -0.1) is 11.3 Å². The Morgan fingerprint density at radius 3 is 2.62 bits per heavy atom. The van der Waals surface area contributed by atoms with Gasteiger partial charge in [-0.2, -0.15) is 4.99 Å². The fourth-order valence-corrected chi connectivity index (χ4v) is 5.43. The van der Waals surface area contributed by atoms with Crippen LogP contribution in [0.1, 0.15) is 33.9 Å². The average molecular weight is 500 g/mol. The highest BCUT2D eigenvalue weighted by Crippen LogP contribution is 2.29. The van der Waals surface area contributed by atoms with Crippen molar-refractivity contribution < 1.29 is 24.0 Å². The number of thiophene rings is 1. The summed E-state index contributed by atoms with van der Waals surface area (Å²) in [6.07, 6.45) is 0. The number of fused-ring (bicyclic) bond motifs is 2. The number of nitro groups is 1. The van der Waals surface area contributed by atoms with Crippen molar-refractivity contribution in [2.75, 3.05) is 19.8 Å². The van der Waals surface area contributed by atoms with Crippen LogP contribution in [0.25, 0.3) is 20.3 Å². The Balaban J connectivity index is 1.76. The van der Waals surface area contributed by atoms with Crippen molar-refractivity contribution in [1.29, 1.82) is 0 Å². The number of rotatable bonds is 8. The number of nitrogens with zero attached hydrogens (tertiary/aromatic N) is 3. The van der Waals surface area contributed by atoms with Gasteiger partial charge in [0.15, 0.2) is 4.80 Å². The van der Waals surface area contributed by atoms with Crippen LogP contribution in [0.15, 0.2) is 47.5 Å². The van der Waals surface area contributed by atoms with Crippen LogP contribution in [-0.4, -0.2) is 41.2 Å². The number of aromatic nitrogens is 1. The Morgan fingerprint density at radius 1 is 1.06 bits per heavy atom. The zero-order valence-electron chi connectivity index (χ0n) is 18.5. The first kappa shape index (κ1) is 23.7. The third-order valence-electron chi connectivity index (χ3n) is 4.98. The van der Waals surface area contributed by atoms with Gasteiger partial charge in [0.2, 0.25) is 0 Å². The van der Waals surface area contributed by atoms with Gasteiger partial charge in [-0.05, 0) is 44.2 Å². The van der Waals surface area contributed by atoms with Gasteiger partial charge in [-0.25, -0.2) is 4.79 Å². The number of non-ortho nitro benzene ring substituents is 1. The molecule has 0 bridgehead atoms. The SMILES string of the molecule is CCOCCn1c(=NC(=O)c2cc3cc([N+](=O)[O-])ccc3s2)sc2cc(C(=O)OCC)ccc21. The van der Waals surface area contributed by atoms with E-state index in [0.717, 1.165) is 14.9 Å². The molecule has 0 atom stereocenters. The lowest BCUT2D eigenvalue weighted by atomic mass is 10.2. The van der Waals surface area contributed by atoms with E-state index in [4.69, 9.17) is 9.47 Å². The smallest absolute Gasteiger partial charge is 0.338 e. The lowest BCUT2D eigenvalue weighted by molar-refractivity contribution is -0.384. The molecule has 1 amide bonds. The Morgan fingerprint density at radius 2 is 1.88 bits per heavy atom. The summed E-state index contributed by atoms with van der Waals surface area (Å²) in [4.78, 5) is 41.0. The molecule has 0 N–H and O–H groups in total. The van der Waals surface area contributed by atoms with Crippen LogP contribution >= 0.6 is 22.7 Å². The normalized spacial score (nSPS) is 11.9. The minimum Gasteiger partial charge on any atom is -0.462 e. The van der Waals surface area contributed by atoms with Crippen molar-refractivity contribution >= 4 is 60.5 Å². The molecule has 2 aromatic carbocycles. The highest BCUT2D eigenvalue weighted by Gasteiger charge is 2.16. The van der Waals surface area contributed by atoms with Crippen LogP contribution in [0.2, 0.25) is 0 Å². The summed E-state index contributed by atoms with van der Waals surface area (Å²) >= 11 is 2.53.